The van der Waals surface area contributed by atoms with Gasteiger partial charge in [-0.15, -0.1) is 0 Å². The van der Waals surface area contributed by atoms with E-state index < -0.39 is 0 Å². The Morgan fingerprint density at radius 3 is 2.18 bits per heavy atom. The minimum absolute atomic E-state index is 0.364. The number of ether oxygens (including phenoxy) is 3. The van der Waals surface area contributed by atoms with Crippen molar-refractivity contribution in [2.75, 3.05) is 7.11 Å². The zero-order chi connectivity index (χ0) is 19.9. The molecule has 0 saturated carbocycles. The molecule has 1 unspecified atom stereocenters. The summed E-state index contributed by atoms with van der Waals surface area (Å²) >= 11 is 0. The molecule has 0 aromatic heterocycles. The van der Waals surface area contributed by atoms with Crippen LogP contribution in [0, 0.1) is 0 Å². The van der Waals surface area contributed by atoms with E-state index in [0.29, 0.717) is 5.56 Å². The van der Waals surface area contributed by atoms with E-state index in [-0.39, 0.29) is 12.1 Å². The largest absolute Gasteiger partial charge is 0.497 e. The second-order valence-corrected chi connectivity index (χ2v) is 6.21. The predicted octanol–water partition coefficient (Wildman–Crippen LogP) is 5.80. The Kier molecular flexibility index (Phi) is 6.12. The summed E-state index contributed by atoms with van der Waals surface area (Å²) in [6, 6.07) is 22.5. The molecule has 0 amide bonds. The van der Waals surface area contributed by atoms with Crippen LogP contribution in [0.3, 0.4) is 0 Å². The predicted molar refractivity (Wildman–Crippen MR) is 110 cm³/mol. The lowest BCUT2D eigenvalue weighted by atomic mass is 10.0. The van der Waals surface area contributed by atoms with Crippen LogP contribution in [-0.4, -0.2) is 13.1 Å². The van der Waals surface area contributed by atoms with Gasteiger partial charge in [0.1, 0.15) is 17.6 Å². The van der Waals surface area contributed by atoms with Gasteiger partial charge in [-0.05, 0) is 60.0 Å². The maximum Gasteiger partial charge on any atom is 0.338 e. The lowest BCUT2D eigenvalue weighted by Gasteiger charge is -2.14. The fourth-order valence-corrected chi connectivity index (χ4v) is 2.81. The molecule has 0 aliphatic carbocycles. The standard InChI is InChI=1S/C24H22O4/c1-4-27-22-14-12-19(13-15-22)18-8-10-20(11-9-18)24(25)28-17(2)21-6-5-7-23(16-21)26-3/h4-17H,1H2,2-3H3. The summed E-state index contributed by atoms with van der Waals surface area (Å²) in [6.45, 7) is 5.38. The van der Waals surface area contributed by atoms with Crippen LogP contribution in [0.15, 0.2) is 85.6 Å². The van der Waals surface area contributed by atoms with Gasteiger partial charge in [-0.25, -0.2) is 4.79 Å². The molecule has 1 atom stereocenters. The van der Waals surface area contributed by atoms with E-state index in [1.807, 2.05) is 67.6 Å². The van der Waals surface area contributed by atoms with Crippen molar-refractivity contribution in [1.82, 2.24) is 0 Å². The van der Waals surface area contributed by atoms with Crippen molar-refractivity contribution in [3.8, 4) is 22.6 Å². The number of methoxy groups -OCH3 is 1. The SMILES string of the molecule is C=COc1ccc(-c2ccc(C(=O)OC(C)c3cccc(OC)c3)cc2)cc1. The lowest BCUT2D eigenvalue weighted by Crippen LogP contribution is -2.09. The van der Waals surface area contributed by atoms with Gasteiger partial charge in [-0.2, -0.15) is 0 Å². The monoisotopic (exact) mass is 374 g/mol. The second-order valence-electron chi connectivity index (χ2n) is 6.21. The molecule has 28 heavy (non-hydrogen) atoms. The van der Waals surface area contributed by atoms with Crippen molar-refractivity contribution < 1.29 is 19.0 Å². The Morgan fingerprint density at radius 2 is 1.57 bits per heavy atom. The van der Waals surface area contributed by atoms with Gasteiger partial charge < -0.3 is 14.2 Å². The summed E-state index contributed by atoms with van der Waals surface area (Å²) in [5.41, 5.74) is 3.42. The van der Waals surface area contributed by atoms with E-state index >= 15 is 0 Å². The van der Waals surface area contributed by atoms with E-state index in [1.54, 1.807) is 19.2 Å². The molecule has 0 fully saturated rings. The Labute approximate surface area is 165 Å². The van der Waals surface area contributed by atoms with Gasteiger partial charge in [-0.3, -0.25) is 0 Å². The fourth-order valence-electron chi connectivity index (χ4n) is 2.81. The molecule has 0 aliphatic rings. The van der Waals surface area contributed by atoms with Gasteiger partial charge in [-0.1, -0.05) is 43.0 Å². The summed E-state index contributed by atoms with van der Waals surface area (Å²) in [5.74, 6) is 1.09. The molecule has 0 radical (unpaired) electrons. The zero-order valence-corrected chi connectivity index (χ0v) is 15.9. The number of esters is 1. The Morgan fingerprint density at radius 1 is 0.929 bits per heavy atom. The molecule has 3 aromatic carbocycles. The zero-order valence-electron chi connectivity index (χ0n) is 15.9. The highest BCUT2D eigenvalue weighted by atomic mass is 16.5. The van der Waals surface area contributed by atoms with Gasteiger partial charge in [0.25, 0.3) is 0 Å². The molecule has 3 aromatic rings. The molecule has 4 nitrogen and oxygen atoms in total. The van der Waals surface area contributed by atoms with Gasteiger partial charge >= 0.3 is 5.97 Å². The summed E-state index contributed by atoms with van der Waals surface area (Å²) in [6.07, 6.45) is 1.02. The number of carbonyl (C=O) groups excluding carboxylic acids is 1. The van der Waals surface area contributed by atoms with Crippen LogP contribution < -0.4 is 9.47 Å². The van der Waals surface area contributed by atoms with Crippen molar-refractivity contribution in [2.24, 2.45) is 0 Å². The quantitative estimate of drug-likeness (QED) is 0.387. The second kappa shape index (κ2) is 8.91. The first kappa shape index (κ1) is 19.2. The van der Waals surface area contributed by atoms with E-state index in [1.165, 1.54) is 6.26 Å². The molecular weight excluding hydrogens is 352 g/mol. The van der Waals surface area contributed by atoms with Crippen LogP contribution in [0.2, 0.25) is 0 Å². The van der Waals surface area contributed by atoms with Crippen molar-refractivity contribution in [1.29, 1.82) is 0 Å². The van der Waals surface area contributed by atoms with Crippen LogP contribution in [0.4, 0.5) is 0 Å². The highest BCUT2D eigenvalue weighted by Crippen LogP contribution is 2.25. The normalized spacial score (nSPS) is 11.4. The van der Waals surface area contributed by atoms with Crippen LogP contribution in [0.5, 0.6) is 11.5 Å². The third-order valence-corrected chi connectivity index (χ3v) is 4.37. The molecule has 142 valence electrons. The maximum absolute atomic E-state index is 12.5. The number of benzene rings is 3. The number of carbonyl (C=O) groups is 1. The van der Waals surface area contributed by atoms with Gasteiger partial charge in [0.15, 0.2) is 0 Å². The Balaban J connectivity index is 1.68. The van der Waals surface area contributed by atoms with E-state index in [9.17, 15) is 4.79 Å². The van der Waals surface area contributed by atoms with Crippen molar-refractivity contribution in [2.45, 2.75) is 13.0 Å². The molecule has 3 rings (SSSR count). The van der Waals surface area contributed by atoms with E-state index in [0.717, 1.165) is 28.2 Å². The Bertz CT molecular complexity index is 943. The van der Waals surface area contributed by atoms with Crippen molar-refractivity contribution >= 4 is 5.97 Å². The van der Waals surface area contributed by atoms with E-state index in [4.69, 9.17) is 14.2 Å². The minimum atomic E-state index is -0.375. The van der Waals surface area contributed by atoms with Crippen molar-refractivity contribution in [3.63, 3.8) is 0 Å². The van der Waals surface area contributed by atoms with Crippen LogP contribution >= 0.6 is 0 Å². The minimum Gasteiger partial charge on any atom is -0.497 e. The smallest absolute Gasteiger partial charge is 0.338 e. The number of hydrogen-bond donors (Lipinski definition) is 0. The van der Waals surface area contributed by atoms with Crippen LogP contribution in [0.1, 0.15) is 28.9 Å². The summed E-state index contributed by atoms with van der Waals surface area (Å²) in [7, 11) is 1.61. The van der Waals surface area contributed by atoms with Gasteiger partial charge in [0.05, 0.1) is 18.9 Å². The van der Waals surface area contributed by atoms with Crippen molar-refractivity contribution in [3.05, 3.63) is 96.8 Å². The number of rotatable bonds is 7. The molecule has 0 heterocycles. The molecule has 0 spiro atoms. The Hall–Kier alpha value is -3.53. The molecule has 0 bridgehead atoms. The highest BCUT2D eigenvalue weighted by molar-refractivity contribution is 5.90. The first-order valence-corrected chi connectivity index (χ1v) is 8.93. The van der Waals surface area contributed by atoms with Crippen LogP contribution in [-0.2, 0) is 4.74 Å². The molecule has 0 N–H and O–H groups in total. The lowest BCUT2D eigenvalue weighted by molar-refractivity contribution is 0.0337. The maximum atomic E-state index is 12.5. The average Bonchev–Trinajstić information content (AvgIpc) is 2.74. The molecule has 0 aliphatic heterocycles. The van der Waals surface area contributed by atoms with Gasteiger partial charge in [0, 0.05) is 0 Å². The topological polar surface area (TPSA) is 44.8 Å². The highest BCUT2D eigenvalue weighted by Gasteiger charge is 2.14. The third kappa shape index (κ3) is 4.60. The first-order chi connectivity index (χ1) is 13.6. The molecule has 4 heteroatoms. The van der Waals surface area contributed by atoms with E-state index in [2.05, 4.69) is 6.58 Å². The van der Waals surface area contributed by atoms with Gasteiger partial charge in [0.2, 0.25) is 0 Å². The molecular formula is C24H22O4. The fraction of sp³-hybridized carbons (Fsp3) is 0.125. The summed E-state index contributed by atoms with van der Waals surface area (Å²) in [5, 5.41) is 0. The molecule has 0 saturated heterocycles. The summed E-state index contributed by atoms with van der Waals surface area (Å²) in [4.78, 5) is 12.5. The average molecular weight is 374 g/mol. The third-order valence-electron chi connectivity index (χ3n) is 4.37. The summed E-state index contributed by atoms with van der Waals surface area (Å²) < 4.78 is 16.0. The first-order valence-electron chi connectivity index (χ1n) is 8.93. The number of hydrogen-bond acceptors (Lipinski definition) is 4. The van der Waals surface area contributed by atoms with Crippen LogP contribution in [0.25, 0.3) is 11.1 Å².